The van der Waals surface area contributed by atoms with E-state index in [0.29, 0.717) is 0 Å². The molecule has 4 nitrogen and oxygen atoms in total. The molecular weight excluding hydrogens is 232 g/mol. The zero-order valence-corrected chi connectivity index (χ0v) is 11.0. The normalized spacial score (nSPS) is 22.0. The second kappa shape index (κ2) is 7.52. The predicted molar refractivity (Wildman–Crippen MR) is 67.9 cm³/mol. The van der Waals surface area contributed by atoms with Gasteiger partial charge in [-0.3, -0.25) is 9.59 Å². The fraction of sp³-hybridized carbons (Fsp3) is 0.857. The number of esters is 2. The summed E-state index contributed by atoms with van der Waals surface area (Å²) >= 11 is 0. The van der Waals surface area contributed by atoms with Crippen molar-refractivity contribution in [1.82, 2.24) is 0 Å². The summed E-state index contributed by atoms with van der Waals surface area (Å²) in [6, 6.07) is 0. The first-order valence-electron chi connectivity index (χ1n) is 7.03. The van der Waals surface area contributed by atoms with Gasteiger partial charge in [0.15, 0.2) is 0 Å². The van der Waals surface area contributed by atoms with Crippen LogP contribution in [-0.2, 0) is 14.3 Å². The van der Waals surface area contributed by atoms with Gasteiger partial charge >= 0.3 is 11.9 Å². The summed E-state index contributed by atoms with van der Waals surface area (Å²) < 4.78 is 5.05. The molecule has 4 heteroatoms. The highest BCUT2D eigenvalue weighted by atomic mass is 16.6. The minimum absolute atomic E-state index is 0. The van der Waals surface area contributed by atoms with Gasteiger partial charge in [-0.05, 0) is 25.7 Å². The summed E-state index contributed by atoms with van der Waals surface area (Å²) in [5.41, 5.74) is 0. The minimum Gasteiger partial charge on any atom is -0.412 e. The maximum atomic E-state index is 11.8. The van der Waals surface area contributed by atoms with Gasteiger partial charge in [0.25, 0.3) is 0 Å². The first kappa shape index (κ1) is 15.2. The Labute approximate surface area is 108 Å². The van der Waals surface area contributed by atoms with Gasteiger partial charge in [-0.2, -0.15) is 0 Å². The SMILES string of the molecule is O.O=C(OC(=O)C1CCCCC1)C1CCCCC1. The van der Waals surface area contributed by atoms with Crippen molar-refractivity contribution in [2.45, 2.75) is 64.2 Å². The van der Waals surface area contributed by atoms with Crippen molar-refractivity contribution in [2.75, 3.05) is 0 Å². The highest BCUT2D eigenvalue weighted by Gasteiger charge is 2.28. The van der Waals surface area contributed by atoms with Gasteiger partial charge in [0.2, 0.25) is 0 Å². The van der Waals surface area contributed by atoms with Crippen LogP contribution in [-0.4, -0.2) is 17.4 Å². The van der Waals surface area contributed by atoms with Crippen molar-refractivity contribution < 1.29 is 19.8 Å². The molecule has 2 aliphatic carbocycles. The van der Waals surface area contributed by atoms with Gasteiger partial charge in [0.05, 0.1) is 11.8 Å². The lowest BCUT2D eigenvalue weighted by atomic mass is 9.88. The predicted octanol–water partition coefficient (Wildman–Crippen LogP) is 2.39. The summed E-state index contributed by atoms with van der Waals surface area (Å²) in [6.07, 6.45) is 10.4. The fourth-order valence-corrected chi connectivity index (χ4v) is 2.94. The molecule has 2 fully saturated rings. The molecule has 0 atom stereocenters. The molecule has 0 bridgehead atoms. The molecule has 18 heavy (non-hydrogen) atoms. The lowest BCUT2D eigenvalue weighted by Crippen LogP contribution is -2.28. The average molecular weight is 256 g/mol. The Balaban J connectivity index is 0.00000162. The van der Waals surface area contributed by atoms with E-state index in [1.165, 1.54) is 12.8 Å². The van der Waals surface area contributed by atoms with Crippen LogP contribution in [0.4, 0.5) is 0 Å². The second-order valence-corrected chi connectivity index (χ2v) is 5.41. The molecule has 0 aromatic carbocycles. The molecule has 2 N–H and O–H groups in total. The van der Waals surface area contributed by atoms with Gasteiger partial charge in [0.1, 0.15) is 0 Å². The summed E-state index contributed by atoms with van der Waals surface area (Å²) in [5, 5.41) is 0. The summed E-state index contributed by atoms with van der Waals surface area (Å²) in [6.45, 7) is 0. The quantitative estimate of drug-likeness (QED) is 0.562. The molecule has 0 saturated heterocycles. The monoisotopic (exact) mass is 256 g/mol. The molecule has 0 amide bonds. The third kappa shape index (κ3) is 4.09. The van der Waals surface area contributed by atoms with Gasteiger partial charge < -0.3 is 10.2 Å². The van der Waals surface area contributed by atoms with E-state index in [1.807, 2.05) is 0 Å². The first-order valence-corrected chi connectivity index (χ1v) is 7.03. The molecule has 2 rings (SSSR count). The van der Waals surface area contributed by atoms with Crippen LogP contribution in [0.1, 0.15) is 64.2 Å². The van der Waals surface area contributed by atoms with E-state index in [1.54, 1.807) is 0 Å². The van der Waals surface area contributed by atoms with Crippen molar-refractivity contribution >= 4 is 11.9 Å². The van der Waals surface area contributed by atoms with Crippen molar-refractivity contribution in [2.24, 2.45) is 11.8 Å². The van der Waals surface area contributed by atoms with Crippen LogP contribution in [0.15, 0.2) is 0 Å². The van der Waals surface area contributed by atoms with Crippen molar-refractivity contribution in [3.05, 3.63) is 0 Å². The number of carbonyl (C=O) groups is 2. The molecular formula is C14H24O4. The van der Waals surface area contributed by atoms with Gasteiger partial charge in [0, 0.05) is 0 Å². The maximum absolute atomic E-state index is 11.8. The van der Waals surface area contributed by atoms with Gasteiger partial charge in [-0.25, -0.2) is 0 Å². The van der Waals surface area contributed by atoms with Gasteiger partial charge in [-0.1, -0.05) is 38.5 Å². The molecule has 0 heterocycles. The topological polar surface area (TPSA) is 74.9 Å². The molecule has 0 aromatic heterocycles. The molecule has 0 radical (unpaired) electrons. The molecule has 0 aromatic rings. The highest BCUT2D eigenvalue weighted by molar-refractivity contribution is 5.87. The van der Waals surface area contributed by atoms with E-state index < -0.39 is 0 Å². The average Bonchev–Trinajstić information content (AvgIpc) is 2.40. The van der Waals surface area contributed by atoms with E-state index in [4.69, 9.17) is 4.74 Å². The Kier molecular flexibility index (Phi) is 6.33. The Hall–Kier alpha value is -0.900. The maximum Gasteiger partial charge on any atom is 0.316 e. The third-order valence-corrected chi connectivity index (χ3v) is 4.08. The van der Waals surface area contributed by atoms with Crippen LogP contribution < -0.4 is 0 Å². The standard InChI is InChI=1S/C14H22O3.H2O/c15-13(11-7-3-1-4-8-11)17-14(16)12-9-5-2-6-10-12;/h11-12H,1-10H2;1H2. The Bertz CT molecular complexity index is 248. The fourth-order valence-electron chi connectivity index (χ4n) is 2.94. The summed E-state index contributed by atoms with van der Waals surface area (Å²) in [7, 11) is 0. The van der Waals surface area contributed by atoms with E-state index in [-0.39, 0.29) is 29.3 Å². The molecule has 0 spiro atoms. The number of hydrogen-bond donors (Lipinski definition) is 0. The summed E-state index contributed by atoms with van der Waals surface area (Å²) in [5.74, 6) is -0.562. The van der Waals surface area contributed by atoms with Gasteiger partial charge in [-0.15, -0.1) is 0 Å². The third-order valence-electron chi connectivity index (χ3n) is 4.08. The molecule has 0 unspecified atom stereocenters. The first-order chi connectivity index (χ1) is 8.27. The van der Waals surface area contributed by atoms with Crippen molar-refractivity contribution in [3.63, 3.8) is 0 Å². The van der Waals surface area contributed by atoms with Crippen LogP contribution in [0.25, 0.3) is 0 Å². The van der Waals surface area contributed by atoms with Crippen LogP contribution in [0.3, 0.4) is 0 Å². The van der Waals surface area contributed by atoms with Crippen LogP contribution in [0.2, 0.25) is 0 Å². The largest absolute Gasteiger partial charge is 0.412 e. The zero-order valence-electron chi connectivity index (χ0n) is 11.0. The van der Waals surface area contributed by atoms with E-state index >= 15 is 0 Å². The second-order valence-electron chi connectivity index (χ2n) is 5.41. The smallest absolute Gasteiger partial charge is 0.316 e. The molecule has 2 aliphatic rings. The van der Waals surface area contributed by atoms with Crippen LogP contribution in [0, 0.1) is 11.8 Å². The minimum atomic E-state index is -0.264. The van der Waals surface area contributed by atoms with Crippen molar-refractivity contribution in [3.8, 4) is 0 Å². The Morgan fingerprint density at radius 3 is 1.33 bits per heavy atom. The lowest BCUT2D eigenvalue weighted by molar-refractivity contribution is -0.166. The van der Waals surface area contributed by atoms with E-state index in [0.717, 1.165) is 51.4 Å². The number of hydrogen-bond acceptors (Lipinski definition) is 3. The Morgan fingerprint density at radius 1 is 0.667 bits per heavy atom. The molecule has 104 valence electrons. The number of ether oxygens (including phenoxy) is 1. The Morgan fingerprint density at radius 2 is 1.00 bits per heavy atom. The number of carbonyl (C=O) groups excluding carboxylic acids is 2. The van der Waals surface area contributed by atoms with Crippen LogP contribution in [0.5, 0.6) is 0 Å². The lowest BCUT2D eigenvalue weighted by Gasteiger charge is -2.22. The molecule has 2 saturated carbocycles. The van der Waals surface area contributed by atoms with E-state index in [2.05, 4.69) is 0 Å². The zero-order chi connectivity index (χ0) is 12.1. The van der Waals surface area contributed by atoms with Crippen molar-refractivity contribution in [1.29, 1.82) is 0 Å². The highest BCUT2D eigenvalue weighted by Crippen LogP contribution is 2.27. The van der Waals surface area contributed by atoms with Crippen LogP contribution >= 0.6 is 0 Å². The number of rotatable bonds is 2. The summed E-state index contributed by atoms with van der Waals surface area (Å²) in [4.78, 5) is 23.6. The van der Waals surface area contributed by atoms with E-state index in [9.17, 15) is 9.59 Å². The molecule has 0 aliphatic heterocycles.